The second kappa shape index (κ2) is 3.05. The van der Waals surface area contributed by atoms with Gasteiger partial charge in [0.1, 0.15) is 12.2 Å². The Morgan fingerprint density at radius 3 is 1.89 bits per heavy atom. The van der Waals surface area contributed by atoms with Gasteiger partial charge < -0.3 is 5.32 Å². The zero-order chi connectivity index (χ0) is 6.69. The van der Waals surface area contributed by atoms with E-state index in [2.05, 4.69) is 15.2 Å². The molecule has 0 saturated carbocycles. The molecule has 5 heteroatoms. The highest BCUT2D eigenvalue weighted by molar-refractivity contribution is 4.80. The minimum atomic E-state index is -0.796. The molecule has 1 rings (SSSR count). The van der Waals surface area contributed by atoms with Crippen LogP contribution in [-0.4, -0.2) is 25.3 Å². The fraction of sp³-hybridized carbons (Fsp3) is 1.00. The van der Waals surface area contributed by atoms with E-state index in [0.29, 0.717) is 13.1 Å². The second-order valence-corrected chi connectivity index (χ2v) is 1.91. The van der Waals surface area contributed by atoms with Crippen LogP contribution < -0.4 is 5.32 Å². The predicted molar refractivity (Wildman–Crippen MR) is 24.8 cm³/mol. The van der Waals surface area contributed by atoms with Crippen molar-refractivity contribution in [3.63, 3.8) is 0 Å². The van der Waals surface area contributed by atoms with Crippen molar-refractivity contribution in [3.05, 3.63) is 0 Å². The van der Waals surface area contributed by atoms with Crippen LogP contribution in [0.5, 0.6) is 0 Å². The summed E-state index contributed by atoms with van der Waals surface area (Å²) in [6, 6.07) is 0. The Kier molecular flexibility index (Phi) is 2.32. The number of hydrogen-bond donors (Lipinski definition) is 1. The lowest BCUT2D eigenvalue weighted by molar-refractivity contribution is -0.254. The molecule has 2 atom stereocenters. The molecule has 0 amide bonds. The van der Waals surface area contributed by atoms with Crippen LogP contribution in [0.15, 0.2) is 0 Å². The van der Waals surface area contributed by atoms with Crippen molar-refractivity contribution < 1.29 is 18.9 Å². The Balaban J connectivity index is 2.32. The van der Waals surface area contributed by atoms with Crippen molar-refractivity contribution in [2.45, 2.75) is 12.2 Å². The Hall–Kier alpha value is -0.260. The summed E-state index contributed by atoms with van der Waals surface area (Å²) in [5.74, 6) is 0. The molecular formula is C4H7F2NO2. The molecule has 2 unspecified atom stereocenters. The molecular weight excluding hydrogens is 132 g/mol. The topological polar surface area (TPSA) is 30.5 Å². The van der Waals surface area contributed by atoms with E-state index >= 15 is 0 Å². The van der Waals surface area contributed by atoms with E-state index < -0.39 is 12.2 Å². The van der Waals surface area contributed by atoms with Gasteiger partial charge in [0, 0.05) is 13.1 Å². The highest BCUT2D eigenvalue weighted by Gasteiger charge is 2.30. The normalized spacial score (nSPS) is 35.3. The number of nitrogens with one attached hydrogen (secondary N) is 1. The molecule has 1 N–H and O–H groups in total. The molecule has 0 spiro atoms. The fourth-order valence-electron chi connectivity index (χ4n) is 0.808. The molecule has 0 aromatic rings. The molecule has 1 aliphatic heterocycles. The molecule has 1 heterocycles. The Bertz CT molecular complexity index is 82.6. The van der Waals surface area contributed by atoms with Gasteiger partial charge in [-0.25, -0.2) is 0 Å². The smallest absolute Gasteiger partial charge is 0.141 e. The zero-order valence-corrected chi connectivity index (χ0v) is 4.64. The second-order valence-electron chi connectivity index (χ2n) is 1.91. The average molecular weight is 139 g/mol. The van der Waals surface area contributed by atoms with Crippen LogP contribution in [0.4, 0.5) is 9.05 Å². The van der Waals surface area contributed by atoms with Crippen LogP contribution >= 0.6 is 0 Å². The first-order valence-electron chi connectivity index (χ1n) is 2.64. The molecule has 1 aliphatic rings. The third-order valence-corrected chi connectivity index (χ3v) is 1.33. The summed E-state index contributed by atoms with van der Waals surface area (Å²) in [6.07, 6.45) is -1.59. The van der Waals surface area contributed by atoms with Crippen molar-refractivity contribution in [3.8, 4) is 0 Å². The third kappa shape index (κ3) is 1.35. The molecule has 54 valence electrons. The Morgan fingerprint density at radius 1 is 1.11 bits per heavy atom. The number of halogens is 2. The lowest BCUT2D eigenvalue weighted by Crippen LogP contribution is -2.25. The molecule has 0 radical (unpaired) electrons. The summed E-state index contributed by atoms with van der Waals surface area (Å²) in [6.45, 7) is 0.593. The molecule has 0 aromatic carbocycles. The van der Waals surface area contributed by atoms with E-state index in [1.54, 1.807) is 0 Å². The maximum absolute atomic E-state index is 11.3. The van der Waals surface area contributed by atoms with Gasteiger partial charge >= 0.3 is 0 Å². The highest BCUT2D eigenvalue weighted by Crippen LogP contribution is 2.08. The van der Waals surface area contributed by atoms with E-state index in [9.17, 15) is 9.05 Å². The van der Waals surface area contributed by atoms with E-state index in [0.717, 1.165) is 0 Å². The Labute approximate surface area is 50.7 Å². The maximum Gasteiger partial charge on any atom is 0.141 e. The van der Waals surface area contributed by atoms with Crippen LogP contribution in [0.25, 0.3) is 0 Å². The first-order valence-corrected chi connectivity index (χ1v) is 2.64. The van der Waals surface area contributed by atoms with Crippen molar-refractivity contribution >= 4 is 0 Å². The summed E-state index contributed by atoms with van der Waals surface area (Å²) in [7, 11) is 0. The largest absolute Gasteiger partial charge is 0.311 e. The summed E-state index contributed by atoms with van der Waals surface area (Å²) < 4.78 is 22.7. The molecule has 0 aliphatic carbocycles. The summed E-state index contributed by atoms with van der Waals surface area (Å²) in [4.78, 5) is 6.77. The third-order valence-electron chi connectivity index (χ3n) is 1.33. The predicted octanol–water partition coefficient (Wildman–Crippen LogP) is 0.129. The quantitative estimate of drug-likeness (QED) is 0.589. The molecule has 1 fully saturated rings. The number of hydrogen-bond acceptors (Lipinski definition) is 3. The molecule has 3 nitrogen and oxygen atoms in total. The van der Waals surface area contributed by atoms with Gasteiger partial charge in [-0.3, -0.25) is 0 Å². The zero-order valence-electron chi connectivity index (χ0n) is 4.64. The van der Waals surface area contributed by atoms with E-state index in [1.807, 2.05) is 0 Å². The van der Waals surface area contributed by atoms with E-state index in [4.69, 9.17) is 0 Å². The Morgan fingerprint density at radius 2 is 1.56 bits per heavy atom. The van der Waals surface area contributed by atoms with E-state index in [-0.39, 0.29) is 0 Å². The SMILES string of the molecule is FOC1CNCC1OF. The molecule has 9 heavy (non-hydrogen) atoms. The minimum absolute atomic E-state index is 0.297. The van der Waals surface area contributed by atoms with Crippen molar-refractivity contribution in [2.24, 2.45) is 0 Å². The van der Waals surface area contributed by atoms with Crippen LogP contribution in [0.1, 0.15) is 0 Å². The van der Waals surface area contributed by atoms with Gasteiger partial charge in [-0.15, -0.1) is 0 Å². The summed E-state index contributed by atoms with van der Waals surface area (Å²) in [5.41, 5.74) is 0. The van der Waals surface area contributed by atoms with Gasteiger partial charge in [0.15, 0.2) is 0 Å². The van der Waals surface area contributed by atoms with Gasteiger partial charge in [0.05, 0.1) is 0 Å². The average Bonchev–Trinajstić information content (AvgIpc) is 2.33. The lowest BCUT2D eigenvalue weighted by Gasteiger charge is -2.06. The van der Waals surface area contributed by atoms with Crippen LogP contribution in [0.3, 0.4) is 0 Å². The molecule has 0 bridgehead atoms. The minimum Gasteiger partial charge on any atom is -0.311 e. The first-order chi connectivity index (χ1) is 4.38. The van der Waals surface area contributed by atoms with Gasteiger partial charge in [-0.05, 0) is 9.05 Å². The first kappa shape index (κ1) is 6.85. The van der Waals surface area contributed by atoms with Gasteiger partial charge in [0.2, 0.25) is 0 Å². The van der Waals surface area contributed by atoms with Gasteiger partial charge in [-0.2, -0.15) is 9.88 Å². The van der Waals surface area contributed by atoms with Crippen molar-refractivity contribution in [2.75, 3.05) is 13.1 Å². The summed E-state index contributed by atoms with van der Waals surface area (Å²) >= 11 is 0. The van der Waals surface area contributed by atoms with Gasteiger partial charge in [-0.1, -0.05) is 0 Å². The highest BCUT2D eigenvalue weighted by atomic mass is 19.3. The molecule has 0 aromatic heterocycles. The number of rotatable bonds is 2. The lowest BCUT2D eigenvalue weighted by atomic mass is 10.3. The van der Waals surface area contributed by atoms with Gasteiger partial charge in [0.25, 0.3) is 0 Å². The standard InChI is InChI=1S/C4H7F2NO2/c5-8-3-1-7-2-4(3)9-6/h3-4,7H,1-2H2. The summed E-state index contributed by atoms with van der Waals surface area (Å²) in [5, 5.41) is 2.69. The van der Waals surface area contributed by atoms with E-state index in [1.165, 1.54) is 0 Å². The van der Waals surface area contributed by atoms with Crippen LogP contribution in [0, 0.1) is 0 Å². The monoisotopic (exact) mass is 139 g/mol. The van der Waals surface area contributed by atoms with Crippen molar-refractivity contribution in [1.82, 2.24) is 5.32 Å². The van der Waals surface area contributed by atoms with Crippen molar-refractivity contribution in [1.29, 1.82) is 0 Å². The van der Waals surface area contributed by atoms with Crippen LogP contribution in [0.2, 0.25) is 0 Å². The fourth-order valence-corrected chi connectivity index (χ4v) is 0.808. The molecule has 1 saturated heterocycles. The van der Waals surface area contributed by atoms with Crippen LogP contribution in [-0.2, 0) is 9.88 Å². The maximum atomic E-state index is 11.3.